The van der Waals surface area contributed by atoms with Crippen LogP contribution >= 0.6 is 11.6 Å². The van der Waals surface area contributed by atoms with E-state index >= 15 is 0 Å². The van der Waals surface area contributed by atoms with Crippen LogP contribution in [0.4, 0.5) is 5.69 Å². The van der Waals surface area contributed by atoms with Crippen molar-refractivity contribution in [2.75, 3.05) is 5.32 Å². The number of rotatable bonds is 3. The normalized spacial score (nSPS) is 10.7. The van der Waals surface area contributed by atoms with Crippen LogP contribution in [-0.4, -0.2) is 5.91 Å². The second-order valence-corrected chi connectivity index (χ2v) is 4.46. The summed E-state index contributed by atoms with van der Waals surface area (Å²) in [5, 5.41) is 11.5. The highest BCUT2D eigenvalue weighted by molar-refractivity contribution is 6.45. The standard InChI is InChI=1S/C16H11ClN2O/c17-15(10-12-5-2-1-3-6-12)16(20)19-14-8-4-7-13(9-14)11-18/h1-10H,(H,19,20). The van der Waals surface area contributed by atoms with Crippen molar-refractivity contribution in [2.45, 2.75) is 0 Å². The predicted molar refractivity (Wildman–Crippen MR) is 80.1 cm³/mol. The van der Waals surface area contributed by atoms with Gasteiger partial charge < -0.3 is 5.32 Å². The highest BCUT2D eigenvalue weighted by Gasteiger charge is 2.07. The van der Waals surface area contributed by atoms with Crippen LogP contribution in [0.1, 0.15) is 11.1 Å². The van der Waals surface area contributed by atoms with Gasteiger partial charge in [-0.05, 0) is 29.8 Å². The van der Waals surface area contributed by atoms with Crippen molar-refractivity contribution in [1.82, 2.24) is 0 Å². The van der Waals surface area contributed by atoms with Crippen LogP contribution in [0, 0.1) is 11.3 Å². The number of amides is 1. The summed E-state index contributed by atoms with van der Waals surface area (Å²) < 4.78 is 0. The Bertz CT molecular complexity index is 687. The Balaban J connectivity index is 2.12. The summed E-state index contributed by atoms with van der Waals surface area (Å²) >= 11 is 5.97. The van der Waals surface area contributed by atoms with Crippen molar-refractivity contribution in [3.8, 4) is 6.07 Å². The van der Waals surface area contributed by atoms with Gasteiger partial charge in [-0.2, -0.15) is 5.26 Å². The van der Waals surface area contributed by atoms with Crippen LogP contribution in [-0.2, 0) is 4.79 Å². The Morgan fingerprint density at radius 1 is 1.15 bits per heavy atom. The lowest BCUT2D eigenvalue weighted by molar-refractivity contribution is -0.112. The summed E-state index contributed by atoms with van der Waals surface area (Å²) in [4.78, 5) is 11.9. The van der Waals surface area contributed by atoms with E-state index in [4.69, 9.17) is 16.9 Å². The zero-order valence-corrected chi connectivity index (χ0v) is 11.3. The number of nitrogens with one attached hydrogen (secondary N) is 1. The molecule has 2 aromatic rings. The summed E-state index contributed by atoms with van der Waals surface area (Å²) in [6.45, 7) is 0. The summed E-state index contributed by atoms with van der Waals surface area (Å²) in [6.07, 6.45) is 1.59. The van der Waals surface area contributed by atoms with Gasteiger partial charge in [-0.15, -0.1) is 0 Å². The summed E-state index contributed by atoms with van der Waals surface area (Å²) in [7, 11) is 0. The third-order valence-electron chi connectivity index (χ3n) is 2.56. The van der Waals surface area contributed by atoms with Crippen molar-refractivity contribution >= 4 is 29.3 Å². The molecule has 20 heavy (non-hydrogen) atoms. The molecule has 0 spiro atoms. The largest absolute Gasteiger partial charge is 0.321 e. The predicted octanol–water partition coefficient (Wildman–Crippen LogP) is 3.78. The molecular weight excluding hydrogens is 272 g/mol. The highest BCUT2D eigenvalue weighted by Crippen LogP contribution is 2.15. The molecule has 0 aliphatic carbocycles. The lowest BCUT2D eigenvalue weighted by Crippen LogP contribution is -2.11. The second kappa shape index (κ2) is 6.55. The Morgan fingerprint density at radius 3 is 2.60 bits per heavy atom. The molecule has 98 valence electrons. The Labute approximate surface area is 122 Å². The first-order valence-electron chi connectivity index (χ1n) is 5.93. The molecule has 0 bridgehead atoms. The van der Waals surface area contributed by atoms with E-state index in [1.165, 1.54) is 0 Å². The van der Waals surface area contributed by atoms with Crippen LogP contribution < -0.4 is 5.32 Å². The first-order valence-corrected chi connectivity index (χ1v) is 6.30. The van der Waals surface area contributed by atoms with Gasteiger partial charge in [0.2, 0.25) is 0 Å². The molecule has 4 heteroatoms. The van der Waals surface area contributed by atoms with E-state index < -0.39 is 5.91 Å². The van der Waals surface area contributed by atoms with Crippen LogP contribution in [0.3, 0.4) is 0 Å². The smallest absolute Gasteiger partial charge is 0.267 e. The van der Waals surface area contributed by atoms with E-state index in [1.54, 1.807) is 30.3 Å². The van der Waals surface area contributed by atoms with Gasteiger partial charge >= 0.3 is 0 Å². The third kappa shape index (κ3) is 3.71. The minimum absolute atomic E-state index is 0.0820. The van der Waals surface area contributed by atoms with Gasteiger partial charge in [-0.3, -0.25) is 4.79 Å². The number of nitrogens with zero attached hydrogens (tertiary/aromatic N) is 1. The van der Waals surface area contributed by atoms with E-state index in [2.05, 4.69) is 5.32 Å². The van der Waals surface area contributed by atoms with Crippen molar-refractivity contribution in [3.63, 3.8) is 0 Å². The number of nitriles is 1. The number of anilines is 1. The van der Waals surface area contributed by atoms with Gasteiger partial charge in [-0.1, -0.05) is 48.0 Å². The molecule has 0 aliphatic rings. The molecule has 2 rings (SSSR count). The van der Waals surface area contributed by atoms with Crippen LogP contribution in [0.5, 0.6) is 0 Å². The minimum atomic E-state index is -0.411. The molecule has 1 N–H and O–H groups in total. The fourth-order valence-electron chi connectivity index (χ4n) is 1.62. The van der Waals surface area contributed by atoms with Crippen molar-refractivity contribution in [2.24, 2.45) is 0 Å². The lowest BCUT2D eigenvalue weighted by Gasteiger charge is -2.04. The van der Waals surface area contributed by atoms with Gasteiger partial charge in [-0.25, -0.2) is 0 Å². The number of carbonyl (C=O) groups is 1. The van der Waals surface area contributed by atoms with Crippen LogP contribution in [0.15, 0.2) is 59.6 Å². The van der Waals surface area contributed by atoms with Crippen molar-refractivity contribution < 1.29 is 4.79 Å². The summed E-state index contributed by atoms with van der Waals surface area (Å²) in [5.41, 5.74) is 1.86. The zero-order valence-electron chi connectivity index (χ0n) is 10.5. The van der Waals surface area contributed by atoms with Crippen LogP contribution in [0.25, 0.3) is 6.08 Å². The molecule has 1 amide bonds. The van der Waals surface area contributed by atoms with E-state index in [1.807, 2.05) is 36.4 Å². The molecule has 2 aromatic carbocycles. The quantitative estimate of drug-likeness (QED) is 0.871. The molecule has 0 aromatic heterocycles. The van der Waals surface area contributed by atoms with Crippen molar-refractivity contribution in [3.05, 3.63) is 70.8 Å². The van der Waals surface area contributed by atoms with Crippen molar-refractivity contribution in [1.29, 1.82) is 5.26 Å². The first-order chi connectivity index (χ1) is 9.69. The molecule has 0 saturated heterocycles. The average molecular weight is 283 g/mol. The maximum Gasteiger partial charge on any atom is 0.267 e. The number of halogens is 1. The Kier molecular flexibility index (Phi) is 4.54. The molecule has 0 aliphatic heterocycles. The minimum Gasteiger partial charge on any atom is -0.321 e. The molecule has 0 fully saturated rings. The maximum atomic E-state index is 11.9. The molecule has 3 nitrogen and oxygen atoms in total. The van der Waals surface area contributed by atoms with Gasteiger partial charge in [0.05, 0.1) is 11.6 Å². The fraction of sp³-hybridized carbons (Fsp3) is 0. The third-order valence-corrected chi connectivity index (χ3v) is 2.84. The van der Waals surface area contributed by atoms with Gasteiger partial charge in [0.15, 0.2) is 0 Å². The molecule has 0 heterocycles. The molecule has 0 radical (unpaired) electrons. The summed E-state index contributed by atoms with van der Waals surface area (Å²) in [6, 6.07) is 18.0. The lowest BCUT2D eigenvalue weighted by atomic mass is 10.2. The van der Waals surface area contributed by atoms with E-state index in [0.29, 0.717) is 11.3 Å². The maximum absolute atomic E-state index is 11.9. The number of hydrogen-bond donors (Lipinski definition) is 1. The number of benzene rings is 2. The fourth-order valence-corrected chi connectivity index (χ4v) is 1.79. The molecule has 0 saturated carbocycles. The van der Waals surface area contributed by atoms with Gasteiger partial charge in [0, 0.05) is 5.69 Å². The second-order valence-electron chi connectivity index (χ2n) is 4.05. The SMILES string of the molecule is N#Cc1cccc(NC(=O)C(Cl)=Cc2ccccc2)c1. The van der Waals surface area contributed by atoms with E-state index in [9.17, 15) is 4.79 Å². The molecule has 0 atom stereocenters. The van der Waals surface area contributed by atoms with E-state index in [-0.39, 0.29) is 5.03 Å². The average Bonchev–Trinajstić information content (AvgIpc) is 2.48. The molecule has 0 unspecified atom stereocenters. The topological polar surface area (TPSA) is 52.9 Å². The van der Waals surface area contributed by atoms with E-state index in [0.717, 1.165) is 5.56 Å². The molecular formula is C16H11ClN2O. The first kappa shape index (κ1) is 13.9. The van der Waals surface area contributed by atoms with Gasteiger partial charge in [0.25, 0.3) is 5.91 Å². The van der Waals surface area contributed by atoms with Crippen LogP contribution in [0.2, 0.25) is 0 Å². The highest BCUT2D eigenvalue weighted by atomic mass is 35.5. The number of carbonyl (C=O) groups excluding carboxylic acids is 1. The number of hydrogen-bond acceptors (Lipinski definition) is 2. The van der Waals surface area contributed by atoms with Gasteiger partial charge in [0.1, 0.15) is 5.03 Å². The zero-order chi connectivity index (χ0) is 14.4. The Morgan fingerprint density at radius 2 is 1.90 bits per heavy atom. The monoisotopic (exact) mass is 282 g/mol. The summed E-state index contributed by atoms with van der Waals surface area (Å²) in [5.74, 6) is -0.411. The Hall–Kier alpha value is -2.57.